The van der Waals surface area contributed by atoms with Crippen LogP contribution in [0.5, 0.6) is 5.75 Å². The van der Waals surface area contributed by atoms with Gasteiger partial charge in [0.25, 0.3) is 0 Å². The molecule has 0 radical (unpaired) electrons. The molecule has 5 heteroatoms. The Morgan fingerprint density at radius 1 is 1.62 bits per heavy atom. The van der Waals surface area contributed by atoms with Crippen molar-refractivity contribution in [3.63, 3.8) is 0 Å². The van der Waals surface area contributed by atoms with Crippen molar-refractivity contribution in [3.8, 4) is 11.8 Å². The van der Waals surface area contributed by atoms with E-state index in [1.165, 1.54) is 0 Å². The fourth-order valence-electron chi connectivity index (χ4n) is 1.07. The SMILES string of the molecule is CCC(=O)Nc1cc(Cl)ccc1OCC#N. The smallest absolute Gasteiger partial charge is 0.224 e. The van der Waals surface area contributed by atoms with Gasteiger partial charge in [0.2, 0.25) is 5.91 Å². The first-order chi connectivity index (χ1) is 7.67. The third-order valence-electron chi connectivity index (χ3n) is 1.83. The van der Waals surface area contributed by atoms with Gasteiger partial charge in [0.05, 0.1) is 5.69 Å². The number of carbonyl (C=O) groups is 1. The lowest BCUT2D eigenvalue weighted by Gasteiger charge is -2.10. The fraction of sp³-hybridized carbons (Fsp3) is 0.273. The van der Waals surface area contributed by atoms with Crippen LogP contribution in [-0.2, 0) is 4.79 Å². The van der Waals surface area contributed by atoms with E-state index in [2.05, 4.69) is 5.32 Å². The second-order valence-corrected chi connectivity index (χ2v) is 3.43. The lowest BCUT2D eigenvalue weighted by atomic mass is 10.3. The van der Waals surface area contributed by atoms with E-state index in [9.17, 15) is 4.79 Å². The molecule has 0 heterocycles. The number of carbonyl (C=O) groups excluding carboxylic acids is 1. The van der Waals surface area contributed by atoms with Crippen LogP contribution in [0.15, 0.2) is 18.2 Å². The maximum absolute atomic E-state index is 11.2. The van der Waals surface area contributed by atoms with Crippen LogP contribution in [0.2, 0.25) is 5.02 Å². The molecular weight excluding hydrogens is 228 g/mol. The molecule has 0 aliphatic heterocycles. The Hall–Kier alpha value is -1.73. The molecule has 0 bridgehead atoms. The number of nitrogens with one attached hydrogen (secondary N) is 1. The second-order valence-electron chi connectivity index (χ2n) is 2.99. The van der Waals surface area contributed by atoms with Crippen LogP contribution < -0.4 is 10.1 Å². The molecule has 1 aromatic carbocycles. The zero-order valence-electron chi connectivity index (χ0n) is 8.79. The molecule has 0 saturated heterocycles. The van der Waals surface area contributed by atoms with E-state index in [4.69, 9.17) is 21.6 Å². The number of amides is 1. The highest BCUT2D eigenvalue weighted by Crippen LogP contribution is 2.28. The van der Waals surface area contributed by atoms with Crippen molar-refractivity contribution >= 4 is 23.2 Å². The van der Waals surface area contributed by atoms with Gasteiger partial charge in [-0.15, -0.1) is 0 Å². The van der Waals surface area contributed by atoms with Gasteiger partial charge in [0, 0.05) is 11.4 Å². The van der Waals surface area contributed by atoms with E-state index in [1.807, 2.05) is 6.07 Å². The minimum atomic E-state index is -0.135. The van der Waals surface area contributed by atoms with E-state index >= 15 is 0 Å². The Morgan fingerprint density at radius 2 is 2.38 bits per heavy atom. The van der Waals surface area contributed by atoms with Crippen molar-refractivity contribution in [3.05, 3.63) is 23.2 Å². The molecule has 16 heavy (non-hydrogen) atoms. The highest BCUT2D eigenvalue weighted by molar-refractivity contribution is 6.31. The van der Waals surface area contributed by atoms with Gasteiger partial charge in [0.1, 0.15) is 11.8 Å². The van der Waals surface area contributed by atoms with Gasteiger partial charge < -0.3 is 10.1 Å². The number of halogens is 1. The first-order valence-corrected chi connectivity index (χ1v) is 5.14. The van der Waals surface area contributed by atoms with Crippen molar-refractivity contribution in [2.75, 3.05) is 11.9 Å². The molecule has 1 rings (SSSR count). The maximum atomic E-state index is 11.2. The Bertz CT molecular complexity index is 426. The summed E-state index contributed by atoms with van der Waals surface area (Å²) in [5, 5.41) is 11.6. The molecule has 1 N–H and O–H groups in total. The minimum absolute atomic E-state index is 0.0728. The third kappa shape index (κ3) is 3.44. The molecule has 0 spiro atoms. The maximum Gasteiger partial charge on any atom is 0.224 e. The summed E-state index contributed by atoms with van der Waals surface area (Å²) in [6.45, 7) is 1.67. The Labute approximate surface area is 98.8 Å². The molecule has 0 unspecified atom stereocenters. The third-order valence-corrected chi connectivity index (χ3v) is 2.06. The molecule has 4 nitrogen and oxygen atoms in total. The molecule has 1 aromatic rings. The number of rotatable bonds is 4. The highest BCUT2D eigenvalue weighted by Gasteiger charge is 2.07. The standard InChI is InChI=1S/C11H11ClN2O2/c1-2-11(15)14-9-7-8(12)3-4-10(9)16-6-5-13/h3-4,7H,2,6H2,1H3,(H,14,15). The van der Waals surface area contributed by atoms with Gasteiger partial charge in [-0.05, 0) is 18.2 Å². The number of ether oxygens (including phenoxy) is 1. The van der Waals surface area contributed by atoms with E-state index in [0.29, 0.717) is 22.9 Å². The second kappa shape index (κ2) is 5.99. The number of nitriles is 1. The number of anilines is 1. The zero-order valence-corrected chi connectivity index (χ0v) is 9.54. The molecule has 0 atom stereocenters. The largest absolute Gasteiger partial charge is 0.477 e. The molecule has 0 fully saturated rings. The van der Waals surface area contributed by atoms with Gasteiger partial charge in [-0.25, -0.2) is 0 Å². The Kier molecular flexibility index (Phi) is 4.62. The first-order valence-electron chi connectivity index (χ1n) is 4.76. The summed E-state index contributed by atoms with van der Waals surface area (Å²) in [7, 11) is 0. The zero-order chi connectivity index (χ0) is 12.0. The van der Waals surface area contributed by atoms with Crippen molar-refractivity contribution in [1.29, 1.82) is 5.26 Å². The van der Waals surface area contributed by atoms with Crippen LogP contribution in [0, 0.1) is 11.3 Å². The van der Waals surface area contributed by atoms with Gasteiger partial charge >= 0.3 is 0 Å². The molecule has 0 aliphatic rings. The number of hydrogen-bond donors (Lipinski definition) is 1. The van der Waals surface area contributed by atoms with Crippen molar-refractivity contribution in [2.24, 2.45) is 0 Å². The summed E-state index contributed by atoms with van der Waals surface area (Å²) < 4.78 is 5.15. The summed E-state index contributed by atoms with van der Waals surface area (Å²) in [6, 6.07) is 6.69. The van der Waals surface area contributed by atoms with Crippen LogP contribution in [0.3, 0.4) is 0 Å². The summed E-state index contributed by atoms with van der Waals surface area (Å²) >= 11 is 5.81. The predicted molar refractivity (Wildman–Crippen MR) is 61.5 cm³/mol. The molecule has 1 amide bonds. The van der Waals surface area contributed by atoms with Crippen molar-refractivity contribution in [1.82, 2.24) is 0 Å². The van der Waals surface area contributed by atoms with E-state index in [1.54, 1.807) is 25.1 Å². The predicted octanol–water partition coefficient (Wildman–Crippen LogP) is 2.59. The van der Waals surface area contributed by atoms with Crippen molar-refractivity contribution in [2.45, 2.75) is 13.3 Å². The average Bonchev–Trinajstić information content (AvgIpc) is 2.28. The lowest BCUT2D eigenvalue weighted by molar-refractivity contribution is -0.115. The van der Waals surface area contributed by atoms with Gasteiger partial charge in [-0.1, -0.05) is 18.5 Å². The van der Waals surface area contributed by atoms with Crippen LogP contribution >= 0.6 is 11.6 Å². The number of benzene rings is 1. The van der Waals surface area contributed by atoms with E-state index in [0.717, 1.165) is 0 Å². The fourth-order valence-corrected chi connectivity index (χ4v) is 1.25. The van der Waals surface area contributed by atoms with Gasteiger partial charge in [0.15, 0.2) is 6.61 Å². The molecule has 84 valence electrons. The summed E-state index contributed by atoms with van der Waals surface area (Å²) in [6.07, 6.45) is 0.365. The monoisotopic (exact) mass is 238 g/mol. The Morgan fingerprint density at radius 3 is 3.00 bits per heavy atom. The van der Waals surface area contributed by atoms with Gasteiger partial charge in [-0.3, -0.25) is 4.79 Å². The van der Waals surface area contributed by atoms with Gasteiger partial charge in [-0.2, -0.15) is 5.26 Å². The van der Waals surface area contributed by atoms with E-state index in [-0.39, 0.29) is 12.5 Å². The van der Waals surface area contributed by atoms with E-state index < -0.39 is 0 Å². The topological polar surface area (TPSA) is 62.1 Å². The van der Waals surface area contributed by atoms with Crippen LogP contribution in [-0.4, -0.2) is 12.5 Å². The summed E-state index contributed by atoms with van der Waals surface area (Å²) in [4.78, 5) is 11.2. The molecular formula is C11H11ClN2O2. The Balaban J connectivity index is 2.90. The molecule has 0 saturated carbocycles. The lowest BCUT2D eigenvalue weighted by Crippen LogP contribution is -2.11. The molecule has 0 aromatic heterocycles. The quantitative estimate of drug-likeness (QED) is 0.877. The molecule has 0 aliphatic carbocycles. The van der Waals surface area contributed by atoms with Crippen LogP contribution in [0.1, 0.15) is 13.3 Å². The number of hydrogen-bond acceptors (Lipinski definition) is 3. The average molecular weight is 239 g/mol. The highest BCUT2D eigenvalue weighted by atomic mass is 35.5. The summed E-state index contributed by atoms with van der Waals surface area (Å²) in [5.74, 6) is 0.303. The van der Waals surface area contributed by atoms with Crippen LogP contribution in [0.25, 0.3) is 0 Å². The minimum Gasteiger partial charge on any atom is -0.477 e. The van der Waals surface area contributed by atoms with Crippen LogP contribution in [0.4, 0.5) is 5.69 Å². The number of nitrogens with zero attached hydrogens (tertiary/aromatic N) is 1. The first kappa shape index (κ1) is 12.3. The normalized spacial score (nSPS) is 9.31. The summed E-state index contributed by atoms with van der Waals surface area (Å²) in [5.41, 5.74) is 0.481. The van der Waals surface area contributed by atoms with Crippen molar-refractivity contribution < 1.29 is 9.53 Å².